The first-order valence-electron chi connectivity index (χ1n) is 4.53. The first kappa shape index (κ1) is 7.73. The Bertz CT molecular complexity index is 211. The van der Waals surface area contributed by atoms with Gasteiger partial charge in [-0.1, -0.05) is 11.6 Å². The highest BCUT2D eigenvalue weighted by molar-refractivity contribution is 4.76. The van der Waals surface area contributed by atoms with E-state index in [1.165, 1.54) is 19.3 Å². The molecular weight excluding hydrogens is 152 g/mol. The maximum absolute atomic E-state index is 4.01. The molecule has 1 fully saturated rings. The number of hydrogen-bond acceptors (Lipinski definition) is 3. The lowest BCUT2D eigenvalue weighted by Gasteiger charge is -2.13. The van der Waals surface area contributed by atoms with Gasteiger partial charge in [0, 0.05) is 12.7 Å². The highest BCUT2D eigenvalue weighted by atomic mass is 15.4. The molecule has 0 aromatic carbocycles. The van der Waals surface area contributed by atoms with Gasteiger partial charge in [0.2, 0.25) is 0 Å². The smallest absolute Gasteiger partial charge is 0.0693 e. The predicted molar refractivity (Wildman–Crippen MR) is 45.8 cm³/mol. The lowest BCUT2D eigenvalue weighted by atomic mass is 10.1. The fourth-order valence-electron chi connectivity index (χ4n) is 1.64. The predicted octanol–water partition coefficient (Wildman–Crippen LogP) is 0.593. The molecule has 0 amide bonds. The van der Waals surface area contributed by atoms with E-state index in [0.29, 0.717) is 6.04 Å². The van der Waals surface area contributed by atoms with Crippen LogP contribution >= 0.6 is 0 Å². The van der Waals surface area contributed by atoms with Crippen molar-refractivity contribution in [3.63, 3.8) is 0 Å². The highest BCUT2D eigenvalue weighted by Gasteiger charge is 2.13. The van der Waals surface area contributed by atoms with Crippen molar-refractivity contribution in [1.82, 2.24) is 20.3 Å². The van der Waals surface area contributed by atoms with Crippen LogP contribution in [0.2, 0.25) is 0 Å². The van der Waals surface area contributed by atoms with E-state index in [4.69, 9.17) is 0 Å². The van der Waals surface area contributed by atoms with Crippen molar-refractivity contribution >= 4 is 0 Å². The Kier molecular flexibility index (Phi) is 2.36. The van der Waals surface area contributed by atoms with E-state index in [-0.39, 0.29) is 0 Å². The molecule has 66 valence electrons. The van der Waals surface area contributed by atoms with Crippen molar-refractivity contribution in [2.24, 2.45) is 0 Å². The second-order valence-corrected chi connectivity index (χ2v) is 3.24. The van der Waals surface area contributed by atoms with Gasteiger partial charge in [-0.25, -0.2) is 4.68 Å². The zero-order chi connectivity index (χ0) is 8.23. The molecule has 4 nitrogen and oxygen atoms in total. The molecule has 2 rings (SSSR count). The quantitative estimate of drug-likeness (QED) is 0.664. The first-order chi connectivity index (χ1) is 5.97. The van der Waals surface area contributed by atoms with Crippen LogP contribution in [0.5, 0.6) is 0 Å². The Morgan fingerprint density at radius 1 is 1.42 bits per heavy atom. The SMILES string of the molecule is c1cn(C2CCCCNC2)nn1. The number of aromatic nitrogens is 3. The monoisotopic (exact) mass is 166 g/mol. The standard InChI is InChI=1S/C8H14N4/c1-2-4-9-7-8(3-1)12-6-5-10-11-12/h5-6,8-9H,1-4,7H2. The molecule has 1 unspecified atom stereocenters. The fourth-order valence-corrected chi connectivity index (χ4v) is 1.64. The number of rotatable bonds is 1. The summed E-state index contributed by atoms with van der Waals surface area (Å²) < 4.78 is 1.96. The van der Waals surface area contributed by atoms with Gasteiger partial charge in [-0.3, -0.25) is 0 Å². The zero-order valence-electron chi connectivity index (χ0n) is 7.11. The Hall–Kier alpha value is -0.900. The minimum Gasteiger partial charge on any atom is -0.315 e. The van der Waals surface area contributed by atoms with Gasteiger partial charge in [0.1, 0.15) is 0 Å². The summed E-state index contributed by atoms with van der Waals surface area (Å²) in [5, 5.41) is 11.2. The third kappa shape index (κ3) is 1.64. The van der Waals surface area contributed by atoms with E-state index in [2.05, 4.69) is 15.6 Å². The number of nitrogens with zero attached hydrogens (tertiary/aromatic N) is 3. The summed E-state index contributed by atoms with van der Waals surface area (Å²) in [5.41, 5.74) is 0. The third-order valence-corrected chi connectivity index (χ3v) is 2.34. The van der Waals surface area contributed by atoms with Gasteiger partial charge in [-0.15, -0.1) is 5.10 Å². The van der Waals surface area contributed by atoms with Crippen LogP contribution in [0.3, 0.4) is 0 Å². The van der Waals surface area contributed by atoms with E-state index in [0.717, 1.165) is 13.1 Å². The maximum Gasteiger partial charge on any atom is 0.0693 e. The Balaban J connectivity index is 2.02. The van der Waals surface area contributed by atoms with E-state index in [1.54, 1.807) is 6.20 Å². The lowest BCUT2D eigenvalue weighted by molar-refractivity contribution is 0.412. The second-order valence-electron chi connectivity index (χ2n) is 3.24. The van der Waals surface area contributed by atoms with Crippen molar-refractivity contribution < 1.29 is 0 Å². The van der Waals surface area contributed by atoms with Gasteiger partial charge in [-0.2, -0.15) is 0 Å². The molecule has 0 radical (unpaired) electrons. The molecule has 0 saturated carbocycles. The molecule has 1 saturated heterocycles. The molecule has 2 heterocycles. The maximum atomic E-state index is 4.01. The summed E-state index contributed by atoms with van der Waals surface area (Å²) in [7, 11) is 0. The van der Waals surface area contributed by atoms with Crippen LogP contribution in [0.15, 0.2) is 12.4 Å². The number of hydrogen-bond donors (Lipinski definition) is 1. The van der Waals surface area contributed by atoms with Gasteiger partial charge in [0.15, 0.2) is 0 Å². The van der Waals surface area contributed by atoms with Crippen LogP contribution < -0.4 is 5.32 Å². The van der Waals surface area contributed by atoms with Gasteiger partial charge < -0.3 is 5.32 Å². The van der Waals surface area contributed by atoms with Crippen molar-refractivity contribution in [1.29, 1.82) is 0 Å². The van der Waals surface area contributed by atoms with Crippen molar-refractivity contribution in [3.05, 3.63) is 12.4 Å². The molecule has 1 atom stereocenters. The summed E-state index contributed by atoms with van der Waals surface area (Å²) in [6, 6.07) is 0.509. The normalized spacial score (nSPS) is 25.2. The fraction of sp³-hybridized carbons (Fsp3) is 0.750. The second kappa shape index (κ2) is 3.67. The summed E-state index contributed by atoms with van der Waals surface area (Å²) in [6.45, 7) is 2.18. The molecule has 0 spiro atoms. The third-order valence-electron chi connectivity index (χ3n) is 2.34. The first-order valence-corrected chi connectivity index (χ1v) is 4.53. The minimum absolute atomic E-state index is 0.509. The summed E-state index contributed by atoms with van der Waals surface area (Å²) >= 11 is 0. The van der Waals surface area contributed by atoms with E-state index in [1.807, 2.05) is 10.9 Å². The molecule has 1 aromatic heterocycles. The van der Waals surface area contributed by atoms with Gasteiger partial charge in [-0.05, 0) is 19.4 Å². The van der Waals surface area contributed by atoms with Crippen molar-refractivity contribution in [2.75, 3.05) is 13.1 Å². The summed E-state index contributed by atoms with van der Waals surface area (Å²) in [6.07, 6.45) is 7.47. The van der Waals surface area contributed by atoms with Crippen molar-refractivity contribution in [3.8, 4) is 0 Å². The molecule has 1 aliphatic heterocycles. The van der Waals surface area contributed by atoms with Gasteiger partial charge in [0.05, 0.1) is 12.2 Å². The molecule has 1 aliphatic rings. The minimum atomic E-state index is 0.509. The number of nitrogens with one attached hydrogen (secondary N) is 1. The van der Waals surface area contributed by atoms with E-state index in [9.17, 15) is 0 Å². The van der Waals surface area contributed by atoms with Crippen LogP contribution in [0.25, 0.3) is 0 Å². The Morgan fingerprint density at radius 2 is 2.42 bits per heavy atom. The summed E-state index contributed by atoms with van der Waals surface area (Å²) in [4.78, 5) is 0. The Labute approximate surface area is 72.0 Å². The highest BCUT2D eigenvalue weighted by Crippen LogP contribution is 2.14. The largest absolute Gasteiger partial charge is 0.315 e. The lowest BCUT2D eigenvalue weighted by Crippen LogP contribution is -2.23. The van der Waals surface area contributed by atoms with E-state index >= 15 is 0 Å². The van der Waals surface area contributed by atoms with Crippen molar-refractivity contribution in [2.45, 2.75) is 25.3 Å². The average Bonchev–Trinajstić information content (AvgIpc) is 2.48. The summed E-state index contributed by atoms with van der Waals surface area (Å²) in [5.74, 6) is 0. The van der Waals surface area contributed by atoms with Crippen LogP contribution in [-0.2, 0) is 0 Å². The molecule has 1 N–H and O–H groups in total. The molecule has 1 aromatic rings. The Morgan fingerprint density at radius 3 is 3.25 bits per heavy atom. The van der Waals surface area contributed by atoms with Gasteiger partial charge >= 0.3 is 0 Å². The van der Waals surface area contributed by atoms with Crippen LogP contribution in [0.1, 0.15) is 25.3 Å². The van der Waals surface area contributed by atoms with Gasteiger partial charge in [0.25, 0.3) is 0 Å². The molecule has 0 bridgehead atoms. The molecule has 12 heavy (non-hydrogen) atoms. The van der Waals surface area contributed by atoms with E-state index < -0.39 is 0 Å². The molecule has 0 aliphatic carbocycles. The zero-order valence-corrected chi connectivity index (χ0v) is 7.11. The van der Waals surface area contributed by atoms with Crippen LogP contribution in [0.4, 0.5) is 0 Å². The van der Waals surface area contributed by atoms with Crippen LogP contribution in [0, 0.1) is 0 Å². The van der Waals surface area contributed by atoms with Crippen LogP contribution in [-0.4, -0.2) is 28.1 Å². The topological polar surface area (TPSA) is 42.7 Å². The average molecular weight is 166 g/mol. The molecule has 4 heteroatoms. The molecular formula is C8H14N4.